The smallest absolute Gasteiger partial charge is 0.161 e. The lowest BCUT2D eigenvalue weighted by Crippen LogP contribution is -2.15. The van der Waals surface area contributed by atoms with Gasteiger partial charge in [-0.2, -0.15) is 0 Å². The Hall–Kier alpha value is -0.750. The van der Waals surface area contributed by atoms with Gasteiger partial charge in [0.2, 0.25) is 0 Å². The number of hydrogen-bond acceptors (Lipinski definition) is 5. The van der Waals surface area contributed by atoms with Crippen molar-refractivity contribution in [3.63, 3.8) is 0 Å². The summed E-state index contributed by atoms with van der Waals surface area (Å²) >= 11 is 11.9. The van der Waals surface area contributed by atoms with Crippen molar-refractivity contribution in [3.8, 4) is 0 Å². The van der Waals surface area contributed by atoms with Crippen LogP contribution in [0.25, 0.3) is 0 Å². The highest BCUT2D eigenvalue weighted by Gasteiger charge is 2.22. The quantitative estimate of drug-likeness (QED) is 0.505. The maximum Gasteiger partial charge on any atom is 0.161 e. The maximum absolute atomic E-state index is 9.46. The van der Waals surface area contributed by atoms with E-state index in [1.54, 1.807) is 6.07 Å². The molecule has 0 saturated heterocycles. The third-order valence-electron chi connectivity index (χ3n) is 3.14. The molecule has 0 radical (unpaired) electrons. The minimum atomic E-state index is -0.174. The molecule has 5 nitrogen and oxygen atoms in total. The molecule has 1 heterocycles. The second-order valence-electron chi connectivity index (χ2n) is 4.51. The molecule has 2 rings (SSSR count). The van der Waals surface area contributed by atoms with Crippen molar-refractivity contribution in [1.82, 2.24) is 4.98 Å². The van der Waals surface area contributed by atoms with E-state index in [0.717, 1.165) is 25.8 Å². The molecule has 18 heavy (non-hydrogen) atoms. The number of aliphatic hydroxyl groups excluding tert-OH is 1. The Morgan fingerprint density at radius 1 is 1.33 bits per heavy atom. The van der Waals surface area contributed by atoms with E-state index in [1.807, 2.05) is 0 Å². The molecule has 5 N–H and O–H groups in total. The van der Waals surface area contributed by atoms with E-state index in [2.05, 4.69) is 15.7 Å². The number of aromatic nitrogens is 1. The Morgan fingerprint density at radius 3 is 2.67 bits per heavy atom. The first-order valence-corrected chi connectivity index (χ1v) is 6.60. The first-order chi connectivity index (χ1) is 8.60. The van der Waals surface area contributed by atoms with E-state index in [1.165, 1.54) is 0 Å². The van der Waals surface area contributed by atoms with Gasteiger partial charge in [0.25, 0.3) is 0 Å². The molecule has 7 heteroatoms. The van der Waals surface area contributed by atoms with Crippen LogP contribution in [-0.4, -0.2) is 22.7 Å². The second kappa shape index (κ2) is 5.93. The number of pyridine rings is 1. The summed E-state index contributed by atoms with van der Waals surface area (Å²) in [5.41, 5.74) is 2.42. The van der Waals surface area contributed by atoms with Crippen molar-refractivity contribution in [2.24, 2.45) is 11.8 Å². The summed E-state index contributed by atoms with van der Waals surface area (Å²) in [5.74, 6) is 6.69. The minimum absolute atomic E-state index is 0.174. The lowest BCUT2D eigenvalue weighted by molar-refractivity contribution is 0.178. The van der Waals surface area contributed by atoms with Crippen molar-refractivity contribution in [2.75, 3.05) is 17.3 Å². The van der Waals surface area contributed by atoms with Crippen LogP contribution in [-0.2, 0) is 0 Å². The number of anilines is 2. The molecule has 2 unspecified atom stereocenters. The molecule has 100 valence electrons. The Balaban J connectivity index is 2.00. The zero-order chi connectivity index (χ0) is 13.1. The first-order valence-electron chi connectivity index (χ1n) is 5.84. The fourth-order valence-electron chi connectivity index (χ4n) is 2.17. The molecular formula is C11H16Cl2N4O. The normalized spacial score (nSPS) is 23.1. The number of aliphatic hydroxyl groups is 1. The molecular weight excluding hydrogens is 275 g/mol. The predicted octanol–water partition coefficient (Wildman–Crippen LogP) is 2.25. The molecule has 1 saturated carbocycles. The van der Waals surface area contributed by atoms with Gasteiger partial charge >= 0.3 is 0 Å². The summed E-state index contributed by atoms with van der Waals surface area (Å²) < 4.78 is 0. The van der Waals surface area contributed by atoms with Crippen LogP contribution in [0.5, 0.6) is 0 Å². The Labute approximate surface area is 116 Å². The number of nitrogen functional groups attached to an aromatic ring is 1. The Kier molecular flexibility index (Phi) is 4.50. The van der Waals surface area contributed by atoms with Crippen LogP contribution in [0.15, 0.2) is 6.07 Å². The first kappa shape index (κ1) is 13.7. The highest BCUT2D eigenvalue weighted by Crippen LogP contribution is 2.30. The molecule has 0 aliphatic heterocycles. The standard InChI is InChI=1S/C11H16Cl2N4O/c12-8-4-9(13)11(17-14)16-10(8)15-5-6-1-2-7(18)3-6/h4,6-7,18H,1-3,5,14H2,(H2,15,16,17). The van der Waals surface area contributed by atoms with Gasteiger partial charge in [-0.05, 0) is 31.2 Å². The summed E-state index contributed by atoms with van der Waals surface area (Å²) in [4.78, 5) is 4.20. The molecule has 0 spiro atoms. The monoisotopic (exact) mass is 290 g/mol. The van der Waals surface area contributed by atoms with Gasteiger partial charge in [-0.25, -0.2) is 10.8 Å². The van der Waals surface area contributed by atoms with Crippen molar-refractivity contribution < 1.29 is 5.11 Å². The summed E-state index contributed by atoms with van der Waals surface area (Å²) in [6.07, 6.45) is 2.53. The van der Waals surface area contributed by atoms with Crippen LogP contribution in [0.2, 0.25) is 10.0 Å². The van der Waals surface area contributed by atoms with E-state index in [0.29, 0.717) is 27.6 Å². The predicted molar refractivity (Wildman–Crippen MR) is 73.9 cm³/mol. The number of hydrazine groups is 1. The van der Waals surface area contributed by atoms with Crippen LogP contribution >= 0.6 is 23.2 Å². The van der Waals surface area contributed by atoms with Gasteiger partial charge in [-0.15, -0.1) is 0 Å². The van der Waals surface area contributed by atoms with E-state index < -0.39 is 0 Å². The molecule has 1 fully saturated rings. The number of rotatable bonds is 4. The molecule has 0 aromatic carbocycles. The largest absolute Gasteiger partial charge is 0.393 e. The molecule has 1 aliphatic rings. The lowest BCUT2D eigenvalue weighted by atomic mass is 10.1. The minimum Gasteiger partial charge on any atom is -0.393 e. The average Bonchev–Trinajstić information content (AvgIpc) is 2.74. The topological polar surface area (TPSA) is 83.2 Å². The van der Waals surface area contributed by atoms with Crippen LogP contribution in [0, 0.1) is 5.92 Å². The van der Waals surface area contributed by atoms with Crippen molar-refractivity contribution in [1.29, 1.82) is 0 Å². The summed E-state index contributed by atoms with van der Waals surface area (Å²) in [6, 6.07) is 1.59. The average molecular weight is 291 g/mol. The van der Waals surface area contributed by atoms with Gasteiger partial charge in [0, 0.05) is 6.54 Å². The van der Waals surface area contributed by atoms with Gasteiger partial charge in [-0.3, -0.25) is 0 Å². The van der Waals surface area contributed by atoms with E-state index in [9.17, 15) is 5.11 Å². The molecule has 0 amide bonds. The second-order valence-corrected chi connectivity index (χ2v) is 5.32. The zero-order valence-corrected chi connectivity index (χ0v) is 11.3. The number of halogens is 2. The van der Waals surface area contributed by atoms with Crippen molar-refractivity contribution in [3.05, 3.63) is 16.1 Å². The van der Waals surface area contributed by atoms with Gasteiger partial charge in [0.05, 0.1) is 16.1 Å². The highest BCUT2D eigenvalue weighted by molar-refractivity contribution is 6.37. The molecule has 0 bridgehead atoms. The van der Waals surface area contributed by atoms with Crippen LogP contribution in [0.1, 0.15) is 19.3 Å². The van der Waals surface area contributed by atoms with Gasteiger partial charge < -0.3 is 15.8 Å². The van der Waals surface area contributed by atoms with E-state index in [-0.39, 0.29) is 6.10 Å². The molecule has 1 aromatic heterocycles. The summed E-state index contributed by atoms with van der Waals surface area (Å²) in [6.45, 7) is 0.732. The third-order valence-corrected chi connectivity index (χ3v) is 3.71. The van der Waals surface area contributed by atoms with Gasteiger partial charge in [-0.1, -0.05) is 23.2 Å². The van der Waals surface area contributed by atoms with Crippen LogP contribution in [0.4, 0.5) is 11.6 Å². The molecule has 2 atom stereocenters. The lowest BCUT2D eigenvalue weighted by Gasteiger charge is -2.14. The fourth-order valence-corrected chi connectivity index (χ4v) is 2.65. The van der Waals surface area contributed by atoms with E-state index in [4.69, 9.17) is 29.0 Å². The number of hydrogen-bond donors (Lipinski definition) is 4. The van der Waals surface area contributed by atoms with Crippen LogP contribution in [0.3, 0.4) is 0 Å². The zero-order valence-electron chi connectivity index (χ0n) is 9.79. The van der Waals surface area contributed by atoms with Gasteiger partial charge in [0.15, 0.2) is 5.82 Å². The molecule has 1 aromatic rings. The number of nitrogens with two attached hydrogens (primary N) is 1. The maximum atomic E-state index is 9.46. The van der Waals surface area contributed by atoms with E-state index >= 15 is 0 Å². The Bertz CT molecular complexity index is 430. The Morgan fingerprint density at radius 2 is 2.06 bits per heavy atom. The SMILES string of the molecule is NNc1nc(NCC2CCC(O)C2)c(Cl)cc1Cl. The van der Waals surface area contributed by atoms with Crippen molar-refractivity contribution in [2.45, 2.75) is 25.4 Å². The number of nitrogens with one attached hydrogen (secondary N) is 2. The third kappa shape index (κ3) is 3.17. The van der Waals surface area contributed by atoms with Crippen LogP contribution < -0.4 is 16.6 Å². The van der Waals surface area contributed by atoms with Crippen molar-refractivity contribution >= 4 is 34.8 Å². The fraction of sp³-hybridized carbons (Fsp3) is 0.545. The summed E-state index contributed by atoms with van der Waals surface area (Å²) in [5, 5.41) is 13.5. The van der Waals surface area contributed by atoms with Gasteiger partial charge in [0.1, 0.15) is 5.82 Å². The molecule has 1 aliphatic carbocycles. The summed E-state index contributed by atoms with van der Waals surface area (Å²) in [7, 11) is 0. The highest BCUT2D eigenvalue weighted by atomic mass is 35.5. The number of nitrogens with zero attached hydrogens (tertiary/aromatic N) is 1.